The smallest absolute Gasteiger partial charge is 0.148 e. The topological polar surface area (TPSA) is 50.7 Å². The molecule has 18 heavy (non-hydrogen) atoms. The maximum absolute atomic E-state index is 9.15. The van der Waals surface area contributed by atoms with Crippen molar-refractivity contribution in [2.45, 2.75) is 12.6 Å². The van der Waals surface area contributed by atoms with E-state index < -0.39 is 0 Å². The molecule has 0 radical (unpaired) electrons. The highest BCUT2D eigenvalue weighted by atomic mass is 16.5. The zero-order chi connectivity index (χ0) is 13.2. The minimum Gasteiger partial charge on any atom is -0.481 e. The zero-order valence-electron chi connectivity index (χ0n) is 10.6. The molecule has 1 aromatic rings. The normalized spacial score (nSPS) is 11.8. The Labute approximate surface area is 108 Å². The molecular formula is C14H19NO3. The van der Waals surface area contributed by atoms with Crippen LogP contribution < -0.4 is 10.1 Å². The van der Waals surface area contributed by atoms with E-state index in [0.717, 1.165) is 11.3 Å². The summed E-state index contributed by atoms with van der Waals surface area (Å²) in [6.07, 6.45) is 5.17. The first-order chi connectivity index (χ1) is 8.81. The Morgan fingerprint density at radius 3 is 2.89 bits per heavy atom. The summed E-state index contributed by atoms with van der Waals surface area (Å²) in [6.45, 7) is 1.33. The van der Waals surface area contributed by atoms with Gasteiger partial charge < -0.3 is 19.9 Å². The van der Waals surface area contributed by atoms with Gasteiger partial charge in [0.15, 0.2) is 0 Å². The number of methoxy groups -OCH3 is 1. The number of nitrogens with one attached hydrogen (secondary N) is 1. The monoisotopic (exact) mass is 249 g/mol. The van der Waals surface area contributed by atoms with Crippen molar-refractivity contribution in [2.24, 2.45) is 0 Å². The van der Waals surface area contributed by atoms with E-state index in [4.69, 9.17) is 21.0 Å². The van der Waals surface area contributed by atoms with Gasteiger partial charge in [-0.15, -0.1) is 6.42 Å². The highest BCUT2D eigenvalue weighted by molar-refractivity contribution is 5.33. The molecule has 0 aliphatic carbocycles. The lowest BCUT2D eigenvalue weighted by atomic mass is 10.2. The summed E-state index contributed by atoms with van der Waals surface area (Å²) in [7, 11) is 1.61. The van der Waals surface area contributed by atoms with Gasteiger partial charge in [-0.1, -0.05) is 24.1 Å². The first-order valence-corrected chi connectivity index (χ1v) is 5.79. The Morgan fingerprint density at radius 1 is 1.44 bits per heavy atom. The number of rotatable bonds is 8. The third-order valence-corrected chi connectivity index (χ3v) is 2.45. The van der Waals surface area contributed by atoms with Crippen LogP contribution in [0.25, 0.3) is 0 Å². The highest BCUT2D eigenvalue weighted by Crippen LogP contribution is 2.17. The molecule has 4 nitrogen and oxygen atoms in total. The fourth-order valence-electron chi connectivity index (χ4n) is 1.54. The summed E-state index contributed by atoms with van der Waals surface area (Å²) in [5.74, 6) is 3.20. The van der Waals surface area contributed by atoms with Crippen molar-refractivity contribution in [3.63, 3.8) is 0 Å². The van der Waals surface area contributed by atoms with Gasteiger partial charge in [-0.25, -0.2) is 0 Å². The van der Waals surface area contributed by atoms with Crippen LogP contribution in [-0.2, 0) is 11.3 Å². The molecule has 2 N–H and O–H groups in total. The van der Waals surface area contributed by atoms with Crippen LogP contribution >= 0.6 is 0 Å². The van der Waals surface area contributed by atoms with Gasteiger partial charge in [0, 0.05) is 19.2 Å². The SMILES string of the molecule is C#CCOc1ccccc1CNC(CO)COC. The van der Waals surface area contributed by atoms with Crippen molar-refractivity contribution >= 4 is 0 Å². The van der Waals surface area contributed by atoms with Crippen molar-refractivity contribution in [3.8, 4) is 18.1 Å². The lowest BCUT2D eigenvalue weighted by Crippen LogP contribution is -2.36. The molecule has 0 saturated heterocycles. The zero-order valence-corrected chi connectivity index (χ0v) is 10.6. The van der Waals surface area contributed by atoms with E-state index >= 15 is 0 Å². The van der Waals surface area contributed by atoms with Gasteiger partial charge in [-0.3, -0.25) is 0 Å². The first-order valence-electron chi connectivity index (χ1n) is 5.79. The van der Waals surface area contributed by atoms with Crippen molar-refractivity contribution in [2.75, 3.05) is 26.9 Å². The number of terminal acetylenes is 1. The van der Waals surface area contributed by atoms with Crippen molar-refractivity contribution in [1.29, 1.82) is 0 Å². The maximum atomic E-state index is 9.15. The predicted octanol–water partition coefficient (Wildman–Crippen LogP) is 0.795. The summed E-state index contributed by atoms with van der Waals surface area (Å²) in [5, 5.41) is 12.3. The molecule has 0 aliphatic heterocycles. The Morgan fingerprint density at radius 2 is 2.22 bits per heavy atom. The fraction of sp³-hybridized carbons (Fsp3) is 0.429. The van der Waals surface area contributed by atoms with Crippen LogP contribution in [0.15, 0.2) is 24.3 Å². The summed E-state index contributed by atoms with van der Waals surface area (Å²) >= 11 is 0. The molecule has 0 spiro atoms. The quantitative estimate of drug-likeness (QED) is 0.669. The molecule has 0 aliphatic rings. The third kappa shape index (κ3) is 4.76. The fourth-order valence-corrected chi connectivity index (χ4v) is 1.54. The van der Waals surface area contributed by atoms with Crippen LogP contribution in [0.1, 0.15) is 5.56 Å². The molecule has 1 aromatic carbocycles. The molecule has 0 heterocycles. The van der Waals surface area contributed by atoms with Crippen LogP contribution in [0.5, 0.6) is 5.75 Å². The lowest BCUT2D eigenvalue weighted by Gasteiger charge is -2.16. The van der Waals surface area contributed by atoms with Gasteiger partial charge in [0.05, 0.1) is 19.3 Å². The maximum Gasteiger partial charge on any atom is 0.148 e. The predicted molar refractivity (Wildman–Crippen MR) is 70.4 cm³/mol. The van der Waals surface area contributed by atoms with Gasteiger partial charge in [-0.05, 0) is 6.07 Å². The number of benzene rings is 1. The minimum atomic E-state index is -0.0873. The first kappa shape index (κ1) is 14.5. The van der Waals surface area contributed by atoms with E-state index in [1.807, 2.05) is 24.3 Å². The Hall–Kier alpha value is -1.54. The summed E-state index contributed by atoms with van der Waals surface area (Å²) < 4.78 is 10.4. The van der Waals surface area contributed by atoms with E-state index in [2.05, 4.69) is 11.2 Å². The molecule has 0 aromatic heterocycles. The Bertz CT molecular complexity index is 387. The van der Waals surface area contributed by atoms with Crippen molar-refractivity contribution < 1.29 is 14.6 Å². The van der Waals surface area contributed by atoms with E-state index in [9.17, 15) is 0 Å². The molecule has 0 bridgehead atoms. The van der Waals surface area contributed by atoms with Gasteiger partial charge in [0.1, 0.15) is 12.4 Å². The minimum absolute atomic E-state index is 0.0290. The molecule has 0 fully saturated rings. The third-order valence-electron chi connectivity index (χ3n) is 2.45. The molecular weight excluding hydrogens is 230 g/mol. The molecule has 0 amide bonds. The van der Waals surface area contributed by atoms with Crippen LogP contribution in [0.2, 0.25) is 0 Å². The number of ether oxygens (including phenoxy) is 2. The lowest BCUT2D eigenvalue weighted by molar-refractivity contribution is 0.128. The summed E-state index contributed by atoms with van der Waals surface area (Å²) in [4.78, 5) is 0. The highest BCUT2D eigenvalue weighted by Gasteiger charge is 2.08. The summed E-state index contributed by atoms with van der Waals surface area (Å²) in [5.41, 5.74) is 1.00. The van der Waals surface area contributed by atoms with E-state index in [1.54, 1.807) is 7.11 Å². The Balaban J connectivity index is 2.57. The number of aliphatic hydroxyl groups is 1. The molecule has 1 unspecified atom stereocenters. The molecule has 1 atom stereocenters. The van der Waals surface area contributed by atoms with E-state index in [0.29, 0.717) is 13.2 Å². The molecule has 98 valence electrons. The molecule has 0 saturated carbocycles. The Kier molecular flexibility index (Phi) is 6.89. The van der Waals surface area contributed by atoms with Crippen LogP contribution in [0.4, 0.5) is 0 Å². The van der Waals surface area contributed by atoms with Gasteiger partial charge in [-0.2, -0.15) is 0 Å². The second kappa shape index (κ2) is 8.54. The summed E-state index contributed by atoms with van der Waals surface area (Å²) in [6, 6.07) is 7.58. The van der Waals surface area contributed by atoms with Gasteiger partial charge in [0.2, 0.25) is 0 Å². The van der Waals surface area contributed by atoms with Gasteiger partial charge >= 0.3 is 0 Å². The van der Waals surface area contributed by atoms with Crippen molar-refractivity contribution in [3.05, 3.63) is 29.8 Å². The van der Waals surface area contributed by atoms with Crippen LogP contribution in [-0.4, -0.2) is 38.1 Å². The molecule has 1 rings (SSSR count). The van der Waals surface area contributed by atoms with E-state index in [-0.39, 0.29) is 19.3 Å². The average Bonchev–Trinajstić information content (AvgIpc) is 2.42. The van der Waals surface area contributed by atoms with Crippen LogP contribution in [0.3, 0.4) is 0 Å². The largest absolute Gasteiger partial charge is 0.481 e. The number of hydrogen-bond acceptors (Lipinski definition) is 4. The van der Waals surface area contributed by atoms with Crippen molar-refractivity contribution in [1.82, 2.24) is 5.32 Å². The number of hydrogen-bond donors (Lipinski definition) is 2. The van der Waals surface area contributed by atoms with Crippen LogP contribution in [0, 0.1) is 12.3 Å². The second-order valence-electron chi connectivity index (χ2n) is 3.82. The van der Waals surface area contributed by atoms with E-state index in [1.165, 1.54) is 0 Å². The number of para-hydroxylation sites is 1. The number of aliphatic hydroxyl groups excluding tert-OH is 1. The second-order valence-corrected chi connectivity index (χ2v) is 3.82. The average molecular weight is 249 g/mol. The van der Waals surface area contributed by atoms with Gasteiger partial charge in [0.25, 0.3) is 0 Å². The standard InChI is InChI=1S/C14H19NO3/c1-3-8-18-14-7-5-4-6-12(14)9-15-13(10-16)11-17-2/h1,4-7,13,15-16H,8-11H2,2H3. The molecule has 4 heteroatoms.